The molecule has 3 aromatic carbocycles. The van der Waals surface area contributed by atoms with E-state index < -0.39 is 34.7 Å². The minimum absolute atomic E-state index is 0.100. The summed E-state index contributed by atoms with van der Waals surface area (Å²) in [6.07, 6.45) is 5.21. The average Bonchev–Trinajstić information content (AvgIpc) is 3.82. The number of amides is 2. The molecular weight excluding hydrogens is 717 g/mol. The zero-order chi connectivity index (χ0) is 36.2. The summed E-state index contributed by atoms with van der Waals surface area (Å²) in [5, 5.41) is 23.0. The number of hydrogen-bond donors (Lipinski definition) is 3. The Morgan fingerprint density at radius 2 is 1.60 bits per heavy atom. The number of nitrogens with one attached hydrogen (secondary N) is 2. The molecule has 2 amide bonds. The summed E-state index contributed by atoms with van der Waals surface area (Å²) in [6.45, 7) is 1.89. The Kier molecular flexibility index (Phi) is 10.0. The van der Waals surface area contributed by atoms with Crippen LogP contribution < -0.4 is 10.6 Å². The predicted octanol–water partition coefficient (Wildman–Crippen LogP) is 6.11. The monoisotopic (exact) mass is 748 g/mol. The van der Waals surface area contributed by atoms with Gasteiger partial charge in [-0.15, -0.1) is 34.4 Å². The molecule has 0 aliphatic carbocycles. The third-order valence-electron chi connectivity index (χ3n) is 8.63. The third kappa shape index (κ3) is 6.63. The van der Waals surface area contributed by atoms with Crippen molar-refractivity contribution in [2.75, 3.05) is 18.2 Å². The van der Waals surface area contributed by atoms with Crippen molar-refractivity contribution in [3.05, 3.63) is 152 Å². The highest BCUT2D eigenvalue weighted by molar-refractivity contribution is 8.00. The van der Waals surface area contributed by atoms with E-state index in [4.69, 9.17) is 9.82 Å². The van der Waals surface area contributed by atoms with Crippen LogP contribution in [0.2, 0.25) is 0 Å². The van der Waals surface area contributed by atoms with Crippen molar-refractivity contribution in [1.29, 1.82) is 0 Å². The number of anilines is 1. The molecule has 0 saturated carbocycles. The number of thiazole rings is 2. The normalized spacial score (nSPS) is 17.5. The first-order valence-electron chi connectivity index (χ1n) is 16.1. The first-order valence-corrected chi connectivity index (χ1v) is 18.9. The minimum Gasteiger partial charge on any atom is -0.477 e. The number of aryl methyl sites for hydroxylation is 1. The molecular formula is C38H32N6O5S3. The molecule has 1 fully saturated rings. The number of carbonyl (C=O) groups is 3. The maximum absolute atomic E-state index is 13.8. The fourth-order valence-electron chi connectivity index (χ4n) is 6.30. The molecule has 0 bridgehead atoms. The lowest BCUT2D eigenvalue weighted by Gasteiger charge is -2.49. The van der Waals surface area contributed by atoms with Crippen LogP contribution in [0.1, 0.15) is 32.3 Å². The number of fused-ring (bicyclic) bond motifs is 1. The van der Waals surface area contributed by atoms with Gasteiger partial charge in [-0.1, -0.05) is 102 Å². The van der Waals surface area contributed by atoms with Gasteiger partial charge in [-0.25, -0.2) is 14.8 Å². The first kappa shape index (κ1) is 34.9. The molecule has 3 N–H and O–H groups in total. The third-order valence-corrected chi connectivity index (χ3v) is 11.6. The van der Waals surface area contributed by atoms with E-state index in [9.17, 15) is 19.5 Å². The number of benzene rings is 3. The molecule has 14 heteroatoms. The molecule has 11 nitrogen and oxygen atoms in total. The molecule has 262 valence electrons. The van der Waals surface area contributed by atoms with Crippen LogP contribution in [-0.2, 0) is 24.8 Å². The molecule has 1 saturated heterocycles. The van der Waals surface area contributed by atoms with E-state index >= 15 is 0 Å². The number of β-lactam (4-membered cyclic amide) rings is 1. The van der Waals surface area contributed by atoms with Crippen LogP contribution in [0, 0.1) is 6.92 Å². The number of hydrogen-bond acceptors (Lipinski definition) is 11. The lowest BCUT2D eigenvalue weighted by Crippen LogP contribution is -2.71. The molecule has 2 atom stereocenters. The van der Waals surface area contributed by atoms with E-state index in [-0.39, 0.29) is 17.1 Å². The maximum Gasteiger partial charge on any atom is 0.352 e. The van der Waals surface area contributed by atoms with Crippen LogP contribution in [0.5, 0.6) is 0 Å². The summed E-state index contributed by atoms with van der Waals surface area (Å²) < 4.78 is 0. The molecule has 7 rings (SSSR count). The van der Waals surface area contributed by atoms with Gasteiger partial charge in [0.15, 0.2) is 10.8 Å². The average molecular weight is 749 g/mol. The van der Waals surface area contributed by atoms with Crippen molar-refractivity contribution in [3.8, 4) is 0 Å². The molecule has 5 aromatic rings. The van der Waals surface area contributed by atoms with Crippen LogP contribution in [-0.4, -0.2) is 67.7 Å². The Hall–Kier alpha value is -5.57. The van der Waals surface area contributed by atoms with Crippen molar-refractivity contribution >= 4 is 69.1 Å². The van der Waals surface area contributed by atoms with Crippen LogP contribution in [0.25, 0.3) is 6.08 Å². The van der Waals surface area contributed by atoms with Crippen molar-refractivity contribution in [3.63, 3.8) is 0 Å². The van der Waals surface area contributed by atoms with Gasteiger partial charge in [-0.2, -0.15) is 0 Å². The predicted molar refractivity (Wildman–Crippen MR) is 204 cm³/mol. The fraction of sp³-hybridized carbons (Fsp3) is 0.158. The summed E-state index contributed by atoms with van der Waals surface area (Å²) in [7, 11) is 1.32. The first-order chi connectivity index (χ1) is 25.3. The van der Waals surface area contributed by atoms with Gasteiger partial charge in [0.2, 0.25) is 0 Å². The zero-order valence-corrected chi connectivity index (χ0v) is 30.4. The van der Waals surface area contributed by atoms with Gasteiger partial charge < -0.3 is 20.6 Å². The highest BCUT2D eigenvalue weighted by Gasteiger charge is 2.54. The highest BCUT2D eigenvalue weighted by atomic mass is 32.2. The number of aliphatic carboxylic acids is 1. The van der Waals surface area contributed by atoms with Crippen molar-refractivity contribution < 1.29 is 24.3 Å². The summed E-state index contributed by atoms with van der Waals surface area (Å²) in [5.41, 5.74) is 2.63. The smallest absolute Gasteiger partial charge is 0.352 e. The maximum atomic E-state index is 13.8. The van der Waals surface area contributed by atoms with Crippen molar-refractivity contribution in [1.82, 2.24) is 20.2 Å². The van der Waals surface area contributed by atoms with Crippen molar-refractivity contribution in [2.45, 2.75) is 23.9 Å². The van der Waals surface area contributed by atoms with E-state index in [1.165, 1.54) is 46.4 Å². The second-order valence-electron chi connectivity index (χ2n) is 11.8. The Balaban J connectivity index is 1.14. The van der Waals surface area contributed by atoms with Crippen molar-refractivity contribution in [2.24, 2.45) is 5.16 Å². The molecule has 2 aliphatic heterocycles. The highest BCUT2D eigenvalue weighted by Crippen LogP contribution is 2.42. The van der Waals surface area contributed by atoms with E-state index in [0.29, 0.717) is 16.5 Å². The summed E-state index contributed by atoms with van der Waals surface area (Å²) >= 11 is 4.15. The molecule has 0 spiro atoms. The van der Waals surface area contributed by atoms with Gasteiger partial charge in [0.1, 0.15) is 35.5 Å². The minimum atomic E-state index is -1.22. The molecule has 0 radical (unpaired) electrons. The van der Waals surface area contributed by atoms with Crippen LogP contribution in [0.15, 0.2) is 125 Å². The largest absolute Gasteiger partial charge is 0.477 e. The number of carboxylic acid groups (broad SMARTS) is 1. The SMILES string of the molecule is CON=C(C(=O)N[C@@H]1C(=O)N2C(C(=O)O)=C(C=Cc3cnc(C)s3)CS[C@@H]12)c1csc(NC(c2ccccc2)(c2ccccc2)c2ccccc2)n1. The molecule has 2 aliphatic rings. The Labute approximate surface area is 311 Å². The van der Waals surface area contributed by atoms with E-state index in [0.717, 1.165) is 26.6 Å². The Morgan fingerprint density at radius 3 is 2.13 bits per heavy atom. The van der Waals surface area contributed by atoms with E-state index in [1.54, 1.807) is 23.7 Å². The molecule has 52 heavy (non-hydrogen) atoms. The second-order valence-corrected chi connectivity index (χ2v) is 15.0. The molecule has 0 unspecified atom stereocenters. The number of oxime groups is 1. The zero-order valence-electron chi connectivity index (χ0n) is 27.9. The van der Waals surface area contributed by atoms with E-state index in [1.807, 2.05) is 61.5 Å². The lowest BCUT2D eigenvalue weighted by molar-refractivity contribution is -0.150. The van der Waals surface area contributed by atoms with Gasteiger partial charge in [0.25, 0.3) is 11.8 Å². The summed E-state index contributed by atoms with van der Waals surface area (Å²) in [5.74, 6) is -2.09. The summed E-state index contributed by atoms with van der Waals surface area (Å²) in [4.78, 5) is 55.7. The van der Waals surface area contributed by atoms with Gasteiger partial charge in [-0.05, 0) is 35.3 Å². The van der Waals surface area contributed by atoms with Gasteiger partial charge in [0, 0.05) is 22.2 Å². The second kappa shape index (κ2) is 15.0. The van der Waals surface area contributed by atoms with Crippen LogP contribution in [0.4, 0.5) is 5.13 Å². The lowest BCUT2D eigenvalue weighted by atomic mass is 9.77. The number of nitrogens with zero attached hydrogens (tertiary/aromatic N) is 4. The van der Waals surface area contributed by atoms with Gasteiger partial charge >= 0.3 is 5.97 Å². The standard InChI is InChI=1S/C38H32N6O5S3/c1-23-39-20-28(52-23)19-18-24-21-50-35-31(34(46)44(35)32(24)36(47)48)41-33(45)30(43-49-2)29-22-51-37(40-29)42-38(25-12-6-3-7-13-25,26-14-8-4-9-15-26)27-16-10-5-11-17-27/h3-20,22,31,35H,21H2,1-2H3,(H,40,42)(H,41,45)(H,47,48)/t31-,35+/m1/s1. The van der Waals surface area contributed by atoms with E-state index in [2.05, 4.69) is 57.2 Å². The topological polar surface area (TPSA) is 146 Å². The van der Waals surface area contributed by atoms with Crippen LogP contribution in [0.3, 0.4) is 0 Å². The number of allylic oxidation sites excluding steroid dienone is 1. The Morgan fingerprint density at radius 1 is 0.981 bits per heavy atom. The quantitative estimate of drug-likeness (QED) is 0.0595. The number of thioether (sulfide) groups is 1. The number of aromatic nitrogens is 2. The number of carbonyl (C=O) groups excluding carboxylic acids is 2. The molecule has 2 aromatic heterocycles. The van der Waals surface area contributed by atoms with Gasteiger partial charge in [0.05, 0.1) is 5.01 Å². The van der Waals surface area contributed by atoms with Crippen LogP contribution >= 0.6 is 34.4 Å². The number of rotatable bonds is 12. The van der Waals surface area contributed by atoms with Gasteiger partial charge in [-0.3, -0.25) is 14.5 Å². The fourth-order valence-corrected chi connectivity index (χ4v) is 9.05. The summed E-state index contributed by atoms with van der Waals surface area (Å²) in [6, 6.07) is 29.2. The molecule has 4 heterocycles. The Bertz CT molecular complexity index is 2100. The number of carboxylic acids is 1.